The standard InChI is InChI=1S/C15H15Cl2NO3S2/c1-21-12-7-8-13(15(17)14(12)16)23(19,20)18-9-10-22-11-5-3-2-4-6-11/h2-8,18H,9-10H2,1H3. The molecule has 0 fully saturated rings. The maximum atomic E-state index is 12.3. The fourth-order valence-corrected chi connectivity index (χ4v) is 4.61. The fraction of sp³-hybridized carbons (Fsp3) is 0.200. The van der Waals surface area contributed by atoms with Crippen LogP contribution in [0.15, 0.2) is 52.3 Å². The van der Waals surface area contributed by atoms with Gasteiger partial charge in [-0.05, 0) is 24.3 Å². The van der Waals surface area contributed by atoms with Gasteiger partial charge in [-0.3, -0.25) is 0 Å². The van der Waals surface area contributed by atoms with Gasteiger partial charge in [0.2, 0.25) is 10.0 Å². The molecule has 1 N–H and O–H groups in total. The number of methoxy groups -OCH3 is 1. The Morgan fingerprint density at radius 3 is 2.43 bits per heavy atom. The minimum absolute atomic E-state index is 0.0470. The third-order valence-corrected chi connectivity index (χ3v) is 6.42. The Bertz CT molecular complexity index is 768. The molecule has 0 atom stereocenters. The third-order valence-electron chi connectivity index (χ3n) is 2.93. The molecule has 0 aliphatic rings. The molecule has 0 aromatic heterocycles. The molecule has 0 unspecified atom stereocenters. The van der Waals surface area contributed by atoms with Crippen LogP contribution in [0.25, 0.3) is 0 Å². The molecular weight excluding hydrogens is 377 g/mol. The number of thioether (sulfide) groups is 1. The van der Waals surface area contributed by atoms with Crippen LogP contribution in [-0.4, -0.2) is 27.8 Å². The van der Waals surface area contributed by atoms with Crippen molar-refractivity contribution in [3.8, 4) is 5.75 Å². The molecule has 0 heterocycles. The molecule has 4 nitrogen and oxygen atoms in total. The molecule has 2 aromatic rings. The van der Waals surface area contributed by atoms with Crippen LogP contribution in [-0.2, 0) is 10.0 Å². The number of hydrogen-bond acceptors (Lipinski definition) is 4. The summed E-state index contributed by atoms with van der Waals surface area (Å²) in [4.78, 5) is 1.02. The number of sulfonamides is 1. The SMILES string of the molecule is COc1ccc(S(=O)(=O)NCCSc2ccccc2)c(Cl)c1Cl. The van der Waals surface area contributed by atoms with Gasteiger partial charge in [0.05, 0.1) is 12.1 Å². The predicted octanol–water partition coefficient (Wildman–Crippen LogP) is 4.07. The number of benzene rings is 2. The van der Waals surface area contributed by atoms with Crippen molar-refractivity contribution in [2.45, 2.75) is 9.79 Å². The molecule has 0 aliphatic heterocycles. The highest BCUT2D eigenvalue weighted by molar-refractivity contribution is 7.99. The molecule has 124 valence electrons. The zero-order valence-electron chi connectivity index (χ0n) is 12.3. The van der Waals surface area contributed by atoms with Gasteiger partial charge in [-0.2, -0.15) is 0 Å². The predicted molar refractivity (Wildman–Crippen MR) is 95.4 cm³/mol. The summed E-state index contributed by atoms with van der Waals surface area (Å²) < 4.78 is 32.1. The van der Waals surface area contributed by atoms with E-state index in [0.717, 1.165) is 4.90 Å². The Hall–Kier alpha value is -0.920. The number of hydrogen-bond donors (Lipinski definition) is 1. The second-order valence-corrected chi connectivity index (χ2v) is 8.11. The van der Waals surface area contributed by atoms with Gasteiger partial charge in [0.15, 0.2) is 0 Å². The van der Waals surface area contributed by atoms with Crippen molar-refractivity contribution in [1.82, 2.24) is 4.72 Å². The van der Waals surface area contributed by atoms with Crippen molar-refractivity contribution in [2.75, 3.05) is 19.4 Å². The molecule has 0 radical (unpaired) electrons. The summed E-state index contributed by atoms with van der Waals surface area (Å²) in [7, 11) is -2.29. The first kappa shape index (κ1) is 18.4. The van der Waals surface area contributed by atoms with Gasteiger partial charge in [0, 0.05) is 17.2 Å². The van der Waals surface area contributed by atoms with Crippen molar-refractivity contribution < 1.29 is 13.2 Å². The van der Waals surface area contributed by atoms with E-state index >= 15 is 0 Å². The molecule has 0 bridgehead atoms. The van der Waals surface area contributed by atoms with E-state index in [4.69, 9.17) is 27.9 Å². The van der Waals surface area contributed by atoms with Gasteiger partial charge in [0.25, 0.3) is 0 Å². The van der Waals surface area contributed by atoms with Crippen molar-refractivity contribution in [3.05, 3.63) is 52.5 Å². The van der Waals surface area contributed by atoms with E-state index in [9.17, 15) is 8.42 Å². The van der Waals surface area contributed by atoms with E-state index in [2.05, 4.69) is 4.72 Å². The van der Waals surface area contributed by atoms with Crippen LogP contribution >= 0.6 is 35.0 Å². The zero-order chi connectivity index (χ0) is 16.9. The van der Waals surface area contributed by atoms with Crippen LogP contribution in [0.5, 0.6) is 5.75 Å². The fourth-order valence-electron chi connectivity index (χ4n) is 1.82. The molecule has 0 spiro atoms. The molecule has 23 heavy (non-hydrogen) atoms. The highest BCUT2D eigenvalue weighted by atomic mass is 35.5. The highest BCUT2D eigenvalue weighted by Gasteiger charge is 2.21. The van der Waals surface area contributed by atoms with Gasteiger partial charge in [-0.1, -0.05) is 41.4 Å². The number of rotatable bonds is 7. The lowest BCUT2D eigenvalue weighted by Crippen LogP contribution is -2.26. The van der Waals surface area contributed by atoms with Crippen LogP contribution < -0.4 is 9.46 Å². The lowest BCUT2D eigenvalue weighted by Gasteiger charge is -2.11. The van der Waals surface area contributed by atoms with Crippen molar-refractivity contribution in [3.63, 3.8) is 0 Å². The molecule has 0 saturated carbocycles. The summed E-state index contributed by atoms with van der Waals surface area (Å²) in [5, 5.41) is 0.0323. The smallest absolute Gasteiger partial charge is 0.242 e. The average molecular weight is 392 g/mol. The summed E-state index contributed by atoms with van der Waals surface area (Å²) in [5.74, 6) is 0.931. The maximum Gasteiger partial charge on any atom is 0.242 e. The highest BCUT2D eigenvalue weighted by Crippen LogP contribution is 2.36. The lowest BCUT2D eigenvalue weighted by atomic mass is 10.3. The van der Waals surface area contributed by atoms with Gasteiger partial charge in [-0.15, -0.1) is 11.8 Å². The molecule has 0 amide bonds. The second kappa shape index (κ2) is 8.26. The number of nitrogens with one attached hydrogen (secondary N) is 1. The van der Waals surface area contributed by atoms with E-state index in [1.807, 2.05) is 30.3 Å². The summed E-state index contributed by atoms with van der Waals surface area (Å²) in [5.41, 5.74) is 0. The number of halogens is 2. The van der Waals surface area contributed by atoms with E-state index < -0.39 is 10.0 Å². The molecular formula is C15H15Cl2NO3S2. The van der Waals surface area contributed by atoms with E-state index in [1.54, 1.807) is 11.8 Å². The number of ether oxygens (including phenoxy) is 1. The Morgan fingerprint density at radius 2 is 1.78 bits per heavy atom. The van der Waals surface area contributed by atoms with Gasteiger partial charge >= 0.3 is 0 Å². The van der Waals surface area contributed by atoms with E-state index in [-0.39, 0.29) is 21.5 Å². The van der Waals surface area contributed by atoms with Crippen LogP contribution in [0, 0.1) is 0 Å². The molecule has 0 aliphatic carbocycles. The van der Waals surface area contributed by atoms with Crippen LogP contribution in [0.2, 0.25) is 10.0 Å². The Morgan fingerprint density at radius 1 is 1.09 bits per heavy atom. The van der Waals surface area contributed by atoms with Gasteiger partial charge in [-0.25, -0.2) is 13.1 Å². The largest absolute Gasteiger partial charge is 0.495 e. The topological polar surface area (TPSA) is 55.4 Å². The lowest BCUT2D eigenvalue weighted by molar-refractivity contribution is 0.414. The van der Waals surface area contributed by atoms with Crippen LogP contribution in [0.1, 0.15) is 0 Å². The third kappa shape index (κ3) is 4.78. The normalized spacial score (nSPS) is 11.4. The van der Waals surface area contributed by atoms with Crippen molar-refractivity contribution in [1.29, 1.82) is 0 Å². The Balaban J connectivity index is 2.01. The zero-order valence-corrected chi connectivity index (χ0v) is 15.4. The first-order valence-electron chi connectivity index (χ1n) is 6.65. The first-order valence-corrected chi connectivity index (χ1v) is 9.87. The summed E-state index contributed by atoms with van der Waals surface area (Å²) in [6.07, 6.45) is 0. The van der Waals surface area contributed by atoms with E-state index in [0.29, 0.717) is 11.5 Å². The van der Waals surface area contributed by atoms with Crippen LogP contribution in [0.3, 0.4) is 0 Å². The Kier molecular flexibility index (Phi) is 6.61. The summed E-state index contributed by atoms with van der Waals surface area (Å²) >= 11 is 13.6. The molecule has 2 rings (SSSR count). The second-order valence-electron chi connectivity index (χ2n) is 4.45. The monoisotopic (exact) mass is 391 g/mol. The van der Waals surface area contributed by atoms with Gasteiger partial charge < -0.3 is 4.74 Å². The quantitative estimate of drug-likeness (QED) is 0.570. The Labute approximate surface area is 150 Å². The van der Waals surface area contributed by atoms with Gasteiger partial charge in [0.1, 0.15) is 15.7 Å². The summed E-state index contributed by atoms with van der Waals surface area (Å²) in [6.45, 7) is 0.280. The van der Waals surface area contributed by atoms with E-state index in [1.165, 1.54) is 19.2 Å². The van der Waals surface area contributed by atoms with Crippen LogP contribution in [0.4, 0.5) is 0 Å². The van der Waals surface area contributed by atoms with Crippen molar-refractivity contribution in [2.24, 2.45) is 0 Å². The molecule has 8 heteroatoms. The van der Waals surface area contributed by atoms with Crippen molar-refractivity contribution >= 4 is 45.0 Å². The molecule has 2 aromatic carbocycles. The maximum absolute atomic E-state index is 12.3. The minimum atomic E-state index is -3.73. The minimum Gasteiger partial charge on any atom is -0.495 e. The first-order chi connectivity index (χ1) is 11.0. The molecule has 0 saturated heterocycles. The summed E-state index contributed by atoms with van der Waals surface area (Å²) in [6, 6.07) is 12.6. The average Bonchev–Trinajstić information content (AvgIpc) is 2.55.